The van der Waals surface area contributed by atoms with Crippen LogP contribution in [-0.2, 0) is 11.2 Å². The van der Waals surface area contributed by atoms with Crippen molar-refractivity contribution >= 4 is 5.97 Å². The van der Waals surface area contributed by atoms with Gasteiger partial charge in [0.05, 0.1) is 5.56 Å². The fourth-order valence-electron chi connectivity index (χ4n) is 1.60. The van der Waals surface area contributed by atoms with E-state index in [0.717, 1.165) is 0 Å². The number of hydrogen-bond donors (Lipinski definition) is 2. The number of carboxylic acid groups (broad SMARTS) is 1. The lowest BCUT2D eigenvalue weighted by Gasteiger charge is -2.03. The maximum absolute atomic E-state index is 13.5. The van der Waals surface area contributed by atoms with E-state index >= 15 is 0 Å². The van der Waals surface area contributed by atoms with E-state index in [1.165, 1.54) is 6.07 Å². The molecule has 1 aromatic carbocycles. The molecule has 0 amide bonds. The Balaban J connectivity index is 2.21. The van der Waals surface area contributed by atoms with Crippen LogP contribution in [0.5, 0.6) is 0 Å². The van der Waals surface area contributed by atoms with Crippen molar-refractivity contribution in [1.29, 1.82) is 0 Å². The van der Waals surface area contributed by atoms with Crippen LogP contribution in [0.3, 0.4) is 0 Å². The molecular formula is C13H12FNO3. The van der Waals surface area contributed by atoms with Crippen molar-refractivity contribution in [3.05, 3.63) is 48.0 Å². The van der Waals surface area contributed by atoms with Gasteiger partial charge < -0.3 is 15.3 Å². The van der Waals surface area contributed by atoms with Gasteiger partial charge in [0, 0.05) is 6.42 Å². The van der Waals surface area contributed by atoms with Gasteiger partial charge in [-0.1, -0.05) is 12.1 Å². The van der Waals surface area contributed by atoms with Gasteiger partial charge in [0.15, 0.2) is 0 Å². The minimum absolute atomic E-state index is 0.0732. The first-order valence-corrected chi connectivity index (χ1v) is 5.40. The zero-order chi connectivity index (χ0) is 13.1. The molecule has 1 aromatic heterocycles. The monoisotopic (exact) mass is 249 g/mol. The van der Waals surface area contributed by atoms with E-state index in [2.05, 4.69) is 0 Å². The van der Waals surface area contributed by atoms with Crippen molar-refractivity contribution in [1.82, 2.24) is 0 Å². The number of halogens is 1. The van der Waals surface area contributed by atoms with Gasteiger partial charge in [-0.2, -0.15) is 0 Å². The third kappa shape index (κ3) is 2.57. The SMILES string of the molecule is NC(Cc1ccc(-c2ccccc2F)o1)C(=O)O. The van der Waals surface area contributed by atoms with Gasteiger partial charge in [0.25, 0.3) is 0 Å². The smallest absolute Gasteiger partial charge is 0.320 e. The van der Waals surface area contributed by atoms with Crippen LogP contribution in [0.1, 0.15) is 5.76 Å². The summed E-state index contributed by atoms with van der Waals surface area (Å²) in [6.07, 6.45) is 0.0732. The van der Waals surface area contributed by atoms with Crippen LogP contribution in [0.15, 0.2) is 40.8 Å². The number of aliphatic carboxylic acids is 1. The topological polar surface area (TPSA) is 76.5 Å². The minimum Gasteiger partial charge on any atom is -0.480 e. The molecule has 2 rings (SSSR count). The average molecular weight is 249 g/mol. The number of nitrogens with two attached hydrogens (primary N) is 1. The first-order valence-electron chi connectivity index (χ1n) is 5.40. The molecular weight excluding hydrogens is 237 g/mol. The molecule has 94 valence electrons. The first-order chi connectivity index (χ1) is 8.58. The van der Waals surface area contributed by atoms with Gasteiger partial charge in [-0.25, -0.2) is 4.39 Å². The standard InChI is InChI=1S/C13H12FNO3/c14-10-4-2-1-3-9(10)12-6-5-8(18-12)7-11(15)13(16)17/h1-6,11H,7,15H2,(H,16,17). The van der Waals surface area contributed by atoms with Gasteiger partial charge in [0.2, 0.25) is 0 Å². The van der Waals surface area contributed by atoms with Crippen LogP contribution < -0.4 is 5.73 Å². The van der Waals surface area contributed by atoms with E-state index in [1.807, 2.05) is 0 Å². The van der Waals surface area contributed by atoms with Crippen LogP contribution in [-0.4, -0.2) is 17.1 Å². The molecule has 18 heavy (non-hydrogen) atoms. The van der Waals surface area contributed by atoms with Gasteiger partial charge in [0.1, 0.15) is 23.4 Å². The van der Waals surface area contributed by atoms with Crippen molar-refractivity contribution in [3.63, 3.8) is 0 Å². The van der Waals surface area contributed by atoms with E-state index in [1.54, 1.807) is 30.3 Å². The largest absolute Gasteiger partial charge is 0.480 e. The van der Waals surface area contributed by atoms with Gasteiger partial charge in [-0.15, -0.1) is 0 Å². The van der Waals surface area contributed by atoms with Crippen LogP contribution in [0.4, 0.5) is 4.39 Å². The van der Waals surface area contributed by atoms with Crippen LogP contribution in [0, 0.1) is 5.82 Å². The average Bonchev–Trinajstić information content (AvgIpc) is 2.77. The molecule has 0 saturated heterocycles. The second-order valence-corrected chi connectivity index (χ2v) is 3.89. The number of furan rings is 1. The third-order valence-corrected chi connectivity index (χ3v) is 2.54. The first kappa shape index (κ1) is 12.3. The molecule has 2 aromatic rings. The molecule has 5 heteroatoms. The van der Waals surface area contributed by atoms with Crippen LogP contribution >= 0.6 is 0 Å². The van der Waals surface area contributed by atoms with Crippen LogP contribution in [0.2, 0.25) is 0 Å². The molecule has 0 spiro atoms. The Morgan fingerprint density at radius 3 is 2.72 bits per heavy atom. The Morgan fingerprint density at radius 2 is 2.06 bits per heavy atom. The molecule has 0 saturated carbocycles. The number of carbonyl (C=O) groups is 1. The Hall–Kier alpha value is -2.14. The predicted molar refractivity (Wildman–Crippen MR) is 63.4 cm³/mol. The molecule has 0 radical (unpaired) electrons. The van der Waals surface area contributed by atoms with E-state index in [4.69, 9.17) is 15.3 Å². The normalized spacial score (nSPS) is 12.3. The van der Waals surface area contributed by atoms with Crippen molar-refractivity contribution in [2.75, 3.05) is 0 Å². The summed E-state index contributed by atoms with van der Waals surface area (Å²) in [7, 11) is 0. The van der Waals surface area contributed by atoms with Gasteiger partial charge >= 0.3 is 5.97 Å². The summed E-state index contributed by atoms with van der Waals surface area (Å²) >= 11 is 0. The highest BCUT2D eigenvalue weighted by atomic mass is 19.1. The Labute approximate surface area is 103 Å². The Morgan fingerprint density at radius 1 is 1.33 bits per heavy atom. The quantitative estimate of drug-likeness (QED) is 0.869. The summed E-state index contributed by atoms with van der Waals surface area (Å²) in [6, 6.07) is 8.39. The lowest BCUT2D eigenvalue weighted by molar-refractivity contribution is -0.138. The molecule has 1 unspecified atom stereocenters. The van der Waals surface area contributed by atoms with Gasteiger partial charge in [-0.3, -0.25) is 4.79 Å². The maximum atomic E-state index is 13.5. The second-order valence-electron chi connectivity index (χ2n) is 3.89. The molecule has 1 atom stereocenters. The summed E-state index contributed by atoms with van der Waals surface area (Å²) in [5.41, 5.74) is 5.73. The van der Waals surface area contributed by atoms with E-state index in [9.17, 15) is 9.18 Å². The molecule has 0 aliphatic heterocycles. The number of rotatable bonds is 4. The summed E-state index contributed by atoms with van der Waals surface area (Å²) in [6.45, 7) is 0. The highest BCUT2D eigenvalue weighted by Gasteiger charge is 2.15. The maximum Gasteiger partial charge on any atom is 0.320 e. The molecule has 1 heterocycles. The molecule has 0 bridgehead atoms. The Kier molecular flexibility index (Phi) is 3.43. The molecule has 3 N–H and O–H groups in total. The molecule has 0 fully saturated rings. The zero-order valence-electron chi connectivity index (χ0n) is 9.47. The summed E-state index contributed by atoms with van der Waals surface area (Å²) in [4.78, 5) is 10.6. The third-order valence-electron chi connectivity index (χ3n) is 2.54. The lowest BCUT2D eigenvalue weighted by Crippen LogP contribution is -2.32. The molecule has 0 aliphatic carbocycles. The molecule has 0 aliphatic rings. The van der Waals surface area contributed by atoms with Crippen molar-refractivity contribution in [3.8, 4) is 11.3 Å². The zero-order valence-corrected chi connectivity index (χ0v) is 9.47. The molecule has 4 nitrogen and oxygen atoms in total. The summed E-state index contributed by atoms with van der Waals surface area (Å²) < 4.78 is 18.9. The second kappa shape index (κ2) is 5.01. The van der Waals surface area contributed by atoms with Gasteiger partial charge in [-0.05, 0) is 24.3 Å². The van der Waals surface area contributed by atoms with Crippen LogP contribution in [0.25, 0.3) is 11.3 Å². The fourth-order valence-corrected chi connectivity index (χ4v) is 1.60. The summed E-state index contributed by atoms with van der Waals surface area (Å²) in [5, 5.41) is 8.68. The van der Waals surface area contributed by atoms with E-state index < -0.39 is 12.0 Å². The van der Waals surface area contributed by atoms with Crippen molar-refractivity contribution < 1.29 is 18.7 Å². The number of benzene rings is 1. The van der Waals surface area contributed by atoms with Crippen molar-refractivity contribution in [2.24, 2.45) is 5.73 Å². The lowest BCUT2D eigenvalue weighted by atomic mass is 10.1. The highest BCUT2D eigenvalue weighted by Crippen LogP contribution is 2.25. The van der Waals surface area contributed by atoms with E-state index in [0.29, 0.717) is 17.1 Å². The summed E-state index contributed by atoms with van der Waals surface area (Å²) in [5.74, 6) is -0.705. The Bertz CT molecular complexity index is 565. The van der Waals surface area contributed by atoms with E-state index in [-0.39, 0.29) is 12.2 Å². The van der Waals surface area contributed by atoms with Crippen molar-refractivity contribution in [2.45, 2.75) is 12.5 Å². The fraction of sp³-hybridized carbons (Fsp3) is 0.154. The number of carboxylic acids is 1. The predicted octanol–water partition coefficient (Wildman–Crippen LogP) is 2.04. The number of hydrogen-bond acceptors (Lipinski definition) is 3. The minimum atomic E-state index is -1.10. The highest BCUT2D eigenvalue weighted by molar-refractivity contribution is 5.73.